The molecule has 0 saturated carbocycles. The van der Waals surface area contributed by atoms with Crippen molar-refractivity contribution in [3.63, 3.8) is 0 Å². The van der Waals surface area contributed by atoms with Crippen molar-refractivity contribution in [1.29, 1.82) is 0 Å². The monoisotopic (exact) mass is 434 g/mol. The van der Waals surface area contributed by atoms with Gasteiger partial charge in [-0.2, -0.15) is 26.7 Å². The van der Waals surface area contributed by atoms with Gasteiger partial charge in [0.25, 0.3) is 10.0 Å². The lowest BCUT2D eigenvalue weighted by molar-refractivity contribution is -0.137. The van der Waals surface area contributed by atoms with E-state index >= 15 is 0 Å². The molecule has 12 heteroatoms. The SMILES string of the molecule is Cc1cc(NS(=O)(=O)c2ccnn2-c2ncc(C(F)(F)F)cc2Cl)ccc1F. The zero-order valence-corrected chi connectivity index (χ0v) is 15.6. The maximum absolute atomic E-state index is 13.4. The van der Waals surface area contributed by atoms with Gasteiger partial charge in [0.1, 0.15) is 5.82 Å². The Labute approximate surface area is 161 Å². The number of nitrogens with zero attached hydrogens (tertiary/aromatic N) is 3. The summed E-state index contributed by atoms with van der Waals surface area (Å²) in [6.45, 7) is 1.46. The van der Waals surface area contributed by atoms with Crippen molar-refractivity contribution in [2.75, 3.05) is 4.72 Å². The normalized spacial score (nSPS) is 12.2. The van der Waals surface area contributed by atoms with E-state index in [0.29, 0.717) is 12.3 Å². The van der Waals surface area contributed by atoms with Crippen LogP contribution in [0.1, 0.15) is 11.1 Å². The number of rotatable bonds is 4. The lowest BCUT2D eigenvalue weighted by Crippen LogP contribution is -2.18. The third-order valence-corrected chi connectivity index (χ3v) is 5.29. The first-order chi connectivity index (χ1) is 13.0. The molecule has 0 bridgehead atoms. The molecule has 0 radical (unpaired) electrons. The minimum Gasteiger partial charge on any atom is -0.278 e. The number of hydrogen-bond donors (Lipinski definition) is 1. The minimum atomic E-state index is -4.66. The fourth-order valence-electron chi connectivity index (χ4n) is 2.31. The summed E-state index contributed by atoms with van der Waals surface area (Å²) in [5.41, 5.74) is -0.767. The first-order valence-corrected chi connectivity index (χ1v) is 9.41. The smallest absolute Gasteiger partial charge is 0.278 e. The molecule has 148 valence electrons. The third kappa shape index (κ3) is 3.94. The van der Waals surface area contributed by atoms with E-state index in [-0.39, 0.29) is 17.1 Å². The summed E-state index contributed by atoms with van der Waals surface area (Å²) in [6, 6.07) is 5.35. The molecule has 0 spiro atoms. The van der Waals surface area contributed by atoms with Crippen molar-refractivity contribution in [3.8, 4) is 5.82 Å². The number of aromatic nitrogens is 3. The zero-order chi connectivity index (χ0) is 20.7. The Kier molecular flexibility index (Phi) is 5.06. The van der Waals surface area contributed by atoms with E-state index in [9.17, 15) is 26.0 Å². The van der Waals surface area contributed by atoms with Crippen molar-refractivity contribution < 1.29 is 26.0 Å². The van der Waals surface area contributed by atoms with Gasteiger partial charge in [0, 0.05) is 11.9 Å². The Morgan fingerprint density at radius 1 is 1.18 bits per heavy atom. The zero-order valence-electron chi connectivity index (χ0n) is 14.0. The Morgan fingerprint density at radius 3 is 2.50 bits per heavy atom. The van der Waals surface area contributed by atoms with Crippen LogP contribution in [0.3, 0.4) is 0 Å². The number of halogens is 5. The molecule has 1 aromatic carbocycles. The van der Waals surface area contributed by atoms with Crippen LogP contribution in [0, 0.1) is 12.7 Å². The van der Waals surface area contributed by atoms with Gasteiger partial charge in [0.2, 0.25) is 0 Å². The molecule has 0 aliphatic heterocycles. The molecule has 2 heterocycles. The molecule has 3 rings (SSSR count). The minimum absolute atomic E-state index is 0.0955. The number of anilines is 1. The first kappa shape index (κ1) is 20.1. The summed E-state index contributed by atoms with van der Waals surface area (Å²) >= 11 is 5.87. The molecule has 0 fully saturated rings. The van der Waals surface area contributed by atoms with Crippen molar-refractivity contribution in [2.24, 2.45) is 0 Å². The van der Waals surface area contributed by atoms with Gasteiger partial charge in [0.05, 0.1) is 16.8 Å². The Bertz CT molecular complexity index is 1150. The molecule has 0 amide bonds. The summed E-state index contributed by atoms with van der Waals surface area (Å²) in [5.74, 6) is -0.802. The molecule has 0 aliphatic carbocycles. The predicted molar refractivity (Wildman–Crippen MR) is 93.3 cm³/mol. The second kappa shape index (κ2) is 7.06. The number of pyridine rings is 1. The number of nitrogens with one attached hydrogen (secondary N) is 1. The topological polar surface area (TPSA) is 76.9 Å². The molecule has 0 saturated heterocycles. The van der Waals surface area contributed by atoms with Crippen molar-refractivity contribution in [2.45, 2.75) is 18.1 Å². The molecule has 0 unspecified atom stereocenters. The highest BCUT2D eigenvalue weighted by Crippen LogP contribution is 2.32. The first-order valence-electron chi connectivity index (χ1n) is 7.55. The second-order valence-electron chi connectivity index (χ2n) is 5.68. The van der Waals surface area contributed by atoms with E-state index in [0.717, 1.165) is 23.0 Å². The Hall–Kier alpha value is -2.66. The fourth-order valence-corrected chi connectivity index (χ4v) is 3.70. The number of alkyl halides is 3. The van der Waals surface area contributed by atoms with Gasteiger partial charge in [-0.1, -0.05) is 11.6 Å². The highest BCUT2D eigenvalue weighted by molar-refractivity contribution is 7.92. The summed E-state index contributed by atoms with van der Waals surface area (Å²) in [7, 11) is -4.23. The quantitative estimate of drug-likeness (QED) is 0.625. The van der Waals surface area contributed by atoms with Gasteiger partial charge in [-0.3, -0.25) is 4.72 Å². The Balaban J connectivity index is 2.00. The number of aryl methyl sites for hydroxylation is 1. The molecule has 6 nitrogen and oxygen atoms in total. The van der Waals surface area contributed by atoms with E-state index in [4.69, 9.17) is 11.6 Å². The highest BCUT2D eigenvalue weighted by atomic mass is 35.5. The van der Waals surface area contributed by atoms with Crippen LogP contribution in [0.4, 0.5) is 23.2 Å². The molecule has 0 aliphatic rings. The van der Waals surface area contributed by atoms with Gasteiger partial charge in [-0.15, -0.1) is 0 Å². The predicted octanol–water partition coefficient (Wildman–Crippen LogP) is 4.19. The van der Waals surface area contributed by atoms with Crippen LogP contribution in [0.25, 0.3) is 5.82 Å². The second-order valence-corrected chi connectivity index (χ2v) is 7.71. The van der Waals surface area contributed by atoms with Gasteiger partial charge < -0.3 is 0 Å². The highest BCUT2D eigenvalue weighted by Gasteiger charge is 2.32. The Morgan fingerprint density at radius 2 is 1.89 bits per heavy atom. The van der Waals surface area contributed by atoms with Crippen LogP contribution in [-0.2, 0) is 16.2 Å². The fraction of sp³-hybridized carbons (Fsp3) is 0.125. The summed E-state index contributed by atoms with van der Waals surface area (Å²) in [6.07, 6.45) is -3.01. The van der Waals surface area contributed by atoms with Crippen LogP contribution in [0.2, 0.25) is 5.02 Å². The molecule has 2 aromatic heterocycles. The van der Waals surface area contributed by atoms with Crippen LogP contribution >= 0.6 is 11.6 Å². The standard InChI is InChI=1S/C16H11ClF4N4O2S/c1-9-6-11(2-3-13(9)18)24-28(26,27)14-4-5-23-25(14)15-12(17)7-10(8-22-15)16(19,20)21/h2-8,24H,1H3. The van der Waals surface area contributed by atoms with E-state index in [1.807, 2.05) is 0 Å². The van der Waals surface area contributed by atoms with Crippen molar-refractivity contribution in [1.82, 2.24) is 14.8 Å². The molecular weight excluding hydrogens is 424 g/mol. The van der Waals surface area contributed by atoms with E-state index in [1.54, 1.807) is 0 Å². The van der Waals surface area contributed by atoms with E-state index < -0.39 is 37.6 Å². The third-order valence-electron chi connectivity index (χ3n) is 3.64. The van der Waals surface area contributed by atoms with Crippen LogP contribution in [0.15, 0.2) is 47.8 Å². The number of hydrogen-bond acceptors (Lipinski definition) is 4. The number of benzene rings is 1. The van der Waals surface area contributed by atoms with Gasteiger partial charge in [-0.05, 0) is 42.8 Å². The lowest BCUT2D eigenvalue weighted by Gasteiger charge is -2.13. The van der Waals surface area contributed by atoms with E-state index in [1.165, 1.54) is 19.1 Å². The molecular formula is C16H11ClF4N4O2S. The van der Waals surface area contributed by atoms with Crippen molar-refractivity contribution in [3.05, 3.63) is 64.7 Å². The molecule has 0 atom stereocenters. The maximum Gasteiger partial charge on any atom is 0.417 e. The maximum atomic E-state index is 13.4. The van der Waals surface area contributed by atoms with Crippen LogP contribution < -0.4 is 4.72 Å². The van der Waals surface area contributed by atoms with Crippen LogP contribution in [0.5, 0.6) is 0 Å². The summed E-state index contributed by atoms with van der Waals surface area (Å²) in [4.78, 5) is 3.60. The molecule has 28 heavy (non-hydrogen) atoms. The van der Waals surface area contributed by atoms with Gasteiger partial charge >= 0.3 is 6.18 Å². The summed E-state index contributed by atoms with van der Waals surface area (Å²) in [5, 5.41) is 2.94. The van der Waals surface area contributed by atoms with Gasteiger partial charge in [0.15, 0.2) is 10.8 Å². The molecule has 1 N–H and O–H groups in total. The van der Waals surface area contributed by atoms with Crippen molar-refractivity contribution >= 4 is 27.3 Å². The largest absolute Gasteiger partial charge is 0.417 e. The molecule has 3 aromatic rings. The summed E-state index contributed by atoms with van der Waals surface area (Å²) < 4.78 is 80.0. The van der Waals surface area contributed by atoms with Gasteiger partial charge in [-0.25, -0.2) is 14.1 Å². The van der Waals surface area contributed by atoms with E-state index in [2.05, 4.69) is 14.8 Å². The number of sulfonamides is 1. The average Bonchev–Trinajstić information content (AvgIpc) is 3.07. The average molecular weight is 435 g/mol. The van der Waals surface area contributed by atoms with Crippen LogP contribution in [-0.4, -0.2) is 23.2 Å². The lowest BCUT2D eigenvalue weighted by atomic mass is 10.2.